The lowest BCUT2D eigenvalue weighted by Gasteiger charge is -2.38. The number of fused-ring (bicyclic) bond motifs is 1. The first kappa shape index (κ1) is 21.1. The zero-order valence-electron chi connectivity index (χ0n) is 17.2. The van der Waals surface area contributed by atoms with Crippen LogP contribution in [-0.2, 0) is 10.0 Å². The summed E-state index contributed by atoms with van der Waals surface area (Å²) in [6.45, 7) is 3.92. The quantitative estimate of drug-likeness (QED) is 0.807. The van der Waals surface area contributed by atoms with Gasteiger partial charge in [0, 0.05) is 31.6 Å². The van der Waals surface area contributed by atoms with Crippen molar-refractivity contribution in [3.8, 4) is 11.5 Å². The van der Waals surface area contributed by atoms with E-state index in [9.17, 15) is 13.2 Å². The largest absolute Gasteiger partial charge is 0.497 e. The Morgan fingerprint density at radius 1 is 1.21 bits per heavy atom. The van der Waals surface area contributed by atoms with Gasteiger partial charge < -0.3 is 14.8 Å². The minimum atomic E-state index is -3.63. The first-order valence-electron chi connectivity index (χ1n) is 9.24. The molecule has 156 valence electrons. The first-order valence-corrected chi connectivity index (χ1v) is 10.7. The summed E-state index contributed by atoms with van der Waals surface area (Å²) in [5, 5.41) is 3.02. The number of carbonyl (C=O) groups is 1. The van der Waals surface area contributed by atoms with E-state index in [1.54, 1.807) is 19.2 Å². The number of carbonyl (C=O) groups excluding carboxylic acids is 1. The Morgan fingerprint density at radius 3 is 2.59 bits per heavy atom. The molecule has 1 aliphatic rings. The van der Waals surface area contributed by atoms with Crippen molar-refractivity contribution < 1.29 is 22.7 Å². The maximum atomic E-state index is 12.9. The second kappa shape index (κ2) is 7.68. The molecule has 0 unspecified atom stereocenters. The van der Waals surface area contributed by atoms with Crippen LogP contribution in [0.2, 0.25) is 0 Å². The average Bonchev–Trinajstić information content (AvgIpc) is 2.66. The predicted molar refractivity (Wildman–Crippen MR) is 110 cm³/mol. The van der Waals surface area contributed by atoms with Crippen molar-refractivity contribution in [3.05, 3.63) is 53.6 Å². The van der Waals surface area contributed by atoms with Crippen LogP contribution < -0.4 is 14.8 Å². The summed E-state index contributed by atoms with van der Waals surface area (Å²) in [6.07, 6.45) is 0.564. The van der Waals surface area contributed by atoms with Gasteiger partial charge in [-0.15, -0.1) is 0 Å². The number of amides is 1. The van der Waals surface area contributed by atoms with Gasteiger partial charge in [0.05, 0.1) is 18.0 Å². The highest BCUT2D eigenvalue weighted by Crippen LogP contribution is 2.41. The molecular weight excluding hydrogens is 392 g/mol. The third-order valence-corrected chi connectivity index (χ3v) is 6.67. The van der Waals surface area contributed by atoms with Crippen LogP contribution in [0.4, 0.5) is 0 Å². The van der Waals surface area contributed by atoms with Gasteiger partial charge in [-0.3, -0.25) is 4.79 Å². The van der Waals surface area contributed by atoms with Gasteiger partial charge in [-0.05, 0) is 50.2 Å². The van der Waals surface area contributed by atoms with Gasteiger partial charge >= 0.3 is 0 Å². The Kier molecular flexibility index (Phi) is 5.60. The topological polar surface area (TPSA) is 84.9 Å². The molecule has 29 heavy (non-hydrogen) atoms. The van der Waals surface area contributed by atoms with Gasteiger partial charge in [0.15, 0.2) is 0 Å². The molecule has 3 rings (SSSR count). The molecular formula is C21H26N2O5S. The lowest BCUT2D eigenvalue weighted by atomic mass is 9.89. The van der Waals surface area contributed by atoms with Gasteiger partial charge in [0.25, 0.3) is 5.91 Å². The summed E-state index contributed by atoms with van der Waals surface area (Å²) in [7, 11) is 0.867. The minimum Gasteiger partial charge on any atom is -0.497 e. The molecule has 0 spiro atoms. The van der Waals surface area contributed by atoms with Gasteiger partial charge in [0.1, 0.15) is 17.1 Å². The lowest BCUT2D eigenvalue weighted by molar-refractivity contribution is 0.0618. The molecule has 1 amide bonds. The molecule has 1 aliphatic heterocycles. The molecule has 0 saturated heterocycles. The van der Waals surface area contributed by atoms with Crippen LogP contribution in [0, 0.1) is 0 Å². The van der Waals surface area contributed by atoms with Gasteiger partial charge in [-0.1, -0.05) is 6.07 Å². The highest BCUT2D eigenvalue weighted by atomic mass is 32.2. The number of nitrogens with one attached hydrogen (secondary N) is 1. The van der Waals surface area contributed by atoms with Crippen LogP contribution in [0.5, 0.6) is 11.5 Å². The Balaban J connectivity index is 1.92. The molecule has 0 fully saturated rings. The second-order valence-corrected chi connectivity index (χ2v) is 9.96. The number of hydrogen-bond acceptors (Lipinski definition) is 5. The van der Waals surface area contributed by atoms with Crippen molar-refractivity contribution in [2.45, 2.75) is 36.8 Å². The molecule has 2 aromatic rings. The molecule has 7 nitrogen and oxygen atoms in total. The average molecular weight is 419 g/mol. The van der Waals surface area contributed by atoms with Crippen molar-refractivity contribution in [2.24, 2.45) is 0 Å². The molecule has 0 aliphatic carbocycles. The maximum absolute atomic E-state index is 12.9. The molecule has 0 aromatic heterocycles. The number of hydrogen-bond donors (Lipinski definition) is 1. The number of ether oxygens (including phenoxy) is 2. The molecule has 0 saturated carbocycles. The highest BCUT2D eigenvalue weighted by molar-refractivity contribution is 7.89. The van der Waals surface area contributed by atoms with Gasteiger partial charge in [-0.2, -0.15) is 0 Å². The maximum Gasteiger partial charge on any atom is 0.251 e. The van der Waals surface area contributed by atoms with Crippen molar-refractivity contribution in [1.82, 2.24) is 9.62 Å². The van der Waals surface area contributed by atoms with Crippen molar-refractivity contribution in [1.29, 1.82) is 0 Å². The molecule has 0 bridgehead atoms. The summed E-state index contributed by atoms with van der Waals surface area (Å²) in [6, 6.07) is 11.2. The van der Waals surface area contributed by atoms with E-state index in [4.69, 9.17) is 9.47 Å². The van der Waals surface area contributed by atoms with E-state index in [1.165, 1.54) is 26.2 Å². The van der Waals surface area contributed by atoms with Crippen LogP contribution in [0.1, 0.15) is 42.2 Å². The van der Waals surface area contributed by atoms with E-state index in [0.717, 1.165) is 9.87 Å². The third-order valence-electron chi connectivity index (χ3n) is 4.85. The number of rotatable bonds is 5. The summed E-state index contributed by atoms with van der Waals surface area (Å²) < 4.78 is 37.2. The van der Waals surface area contributed by atoms with Crippen LogP contribution in [0.25, 0.3) is 0 Å². The smallest absolute Gasteiger partial charge is 0.251 e. The zero-order valence-corrected chi connectivity index (χ0v) is 18.0. The van der Waals surface area contributed by atoms with Crippen molar-refractivity contribution in [3.63, 3.8) is 0 Å². The third kappa shape index (κ3) is 4.38. The normalized spacial score (nSPS) is 17.9. The minimum absolute atomic E-state index is 0.0736. The summed E-state index contributed by atoms with van der Waals surface area (Å²) in [4.78, 5) is 13.0. The highest BCUT2D eigenvalue weighted by Gasteiger charge is 2.35. The first-order chi connectivity index (χ1) is 13.5. The van der Waals surface area contributed by atoms with Crippen LogP contribution in [-0.4, -0.2) is 45.4 Å². The Labute approximate surface area is 171 Å². The van der Waals surface area contributed by atoms with Gasteiger partial charge in [0.2, 0.25) is 10.0 Å². The number of methoxy groups -OCH3 is 1. The Hall–Kier alpha value is -2.58. The second-order valence-electron chi connectivity index (χ2n) is 7.81. The summed E-state index contributed by atoms with van der Waals surface area (Å²) in [5.41, 5.74) is 0.645. The molecule has 1 heterocycles. The van der Waals surface area contributed by atoms with Crippen molar-refractivity contribution in [2.75, 3.05) is 21.2 Å². The monoisotopic (exact) mass is 418 g/mol. The molecule has 1 N–H and O–H groups in total. The SMILES string of the molecule is COc1ccc2c(c1)[C@H](NC(=O)c1cccc(S(=O)(=O)N(C)C)c1)CC(C)(C)O2. The van der Waals surface area contributed by atoms with E-state index >= 15 is 0 Å². The van der Waals surface area contributed by atoms with Crippen LogP contribution >= 0.6 is 0 Å². The fourth-order valence-corrected chi connectivity index (χ4v) is 4.29. The number of sulfonamides is 1. The summed E-state index contributed by atoms with van der Waals surface area (Å²) in [5.74, 6) is 1.01. The van der Waals surface area contributed by atoms with Gasteiger partial charge in [-0.25, -0.2) is 12.7 Å². The molecule has 1 atom stereocenters. The fraction of sp³-hybridized carbons (Fsp3) is 0.381. The Bertz CT molecular complexity index is 1030. The molecule has 8 heteroatoms. The van der Waals surface area contributed by atoms with E-state index in [0.29, 0.717) is 17.9 Å². The lowest BCUT2D eigenvalue weighted by Crippen LogP contribution is -2.41. The van der Waals surface area contributed by atoms with E-state index in [-0.39, 0.29) is 22.4 Å². The number of nitrogens with zero attached hydrogens (tertiary/aromatic N) is 1. The van der Waals surface area contributed by atoms with Crippen molar-refractivity contribution >= 4 is 15.9 Å². The molecule has 0 radical (unpaired) electrons. The zero-order chi connectivity index (χ0) is 21.4. The van der Waals surface area contributed by atoms with Crippen LogP contribution in [0.15, 0.2) is 47.4 Å². The predicted octanol–water partition coefficient (Wildman–Crippen LogP) is 2.98. The van der Waals surface area contributed by atoms with E-state index in [1.807, 2.05) is 32.0 Å². The standard InChI is InChI=1S/C21H26N2O5S/c1-21(2)13-18(17-12-15(27-5)9-10-19(17)28-21)22-20(24)14-7-6-8-16(11-14)29(25,26)23(3)4/h6-12,18H,13H2,1-5H3,(H,22,24)/t18-/m1/s1. The van der Waals surface area contributed by atoms with E-state index in [2.05, 4.69) is 5.32 Å². The van der Waals surface area contributed by atoms with E-state index < -0.39 is 15.6 Å². The number of benzene rings is 2. The van der Waals surface area contributed by atoms with Crippen LogP contribution in [0.3, 0.4) is 0 Å². The summed E-state index contributed by atoms with van der Waals surface area (Å²) >= 11 is 0. The molecule has 2 aromatic carbocycles. The fourth-order valence-electron chi connectivity index (χ4n) is 3.34. The Morgan fingerprint density at radius 2 is 1.93 bits per heavy atom.